The molecule has 1 aromatic carbocycles. The fourth-order valence-corrected chi connectivity index (χ4v) is 2.29. The minimum absolute atomic E-state index is 0.00553. The van der Waals surface area contributed by atoms with Crippen LogP contribution in [0.25, 0.3) is 0 Å². The Hall–Kier alpha value is -1.73. The second kappa shape index (κ2) is 5.94. The summed E-state index contributed by atoms with van der Waals surface area (Å²) in [6, 6.07) is 6.83. The molecule has 2 aromatic rings. The zero-order valence-electron chi connectivity index (χ0n) is 10.0. The van der Waals surface area contributed by atoms with E-state index >= 15 is 0 Å². The normalized spacial score (nSPS) is 12.1. The molecule has 0 radical (unpaired) electrons. The molecule has 19 heavy (non-hydrogen) atoms. The highest BCUT2D eigenvalue weighted by atomic mass is 35.5. The van der Waals surface area contributed by atoms with E-state index in [2.05, 4.69) is 15.5 Å². The molecule has 1 amide bonds. The molecule has 1 aromatic heterocycles. The van der Waals surface area contributed by atoms with Crippen LogP contribution in [0.1, 0.15) is 0 Å². The van der Waals surface area contributed by atoms with Gasteiger partial charge in [-0.1, -0.05) is 17.7 Å². The van der Waals surface area contributed by atoms with Gasteiger partial charge < -0.3 is 5.32 Å². The molecule has 8 heteroatoms. The third-order valence-electron chi connectivity index (χ3n) is 2.26. The third-order valence-corrected chi connectivity index (χ3v) is 3.32. The molecule has 0 saturated heterocycles. The number of benzene rings is 1. The highest BCUT2D eigenvalue weighted by Crippen LogP contribution is 2.14. The average Bonchev–Trinajstić information content (AvgIpc) is 2.76. The van der Waals surface area contributed by atoms with Crippen LogP contribution < -0.4 is 5.32 Å². The molecule has 0 aliphatic carbocycles. The van der Waals surface area contributed by atoms with Gasteiger partial charge in [0, 0.05) is 17.0 Å². The van der Waals surface area contributed by atoms with E-state index in [0.29, 0.717) is 10.7 Å². The number of nitrogens with one attached hydrogen (secondary N) is 1. The van der Waals surface area contributed by atoms with Crippen LogP contribution in [0.4, 0.5) is 5.69 Å². The monoisotopic (exact) mass is 298 g/mol. The summed E-state index contributed by atoms with van der Waals surface area (Å²) in [6.07, 6.45) is 2.85. The Balaban J connectivity index is 2.05. The first-order valence-corrected chi connectivity index (χ1v) is 7.26. The molecular weight excluding hydrogens is 288 g/mol. The first kappa shape index (κ1) is 13.7. The van der Waals surface area contributed by atoms with Gasteiger partial charge in [0.1, 0.15) is 12.9 Å². The quantitative estimate of drug-likeness (QED) is 0.923. The van der Waals surface area contributed by atoms with Gasteiger partial charge in [0.25, 0.3) is 0 Å². The van der Waals surface area contributed by atoms with Gasteiger partial charge in [-0.2, -0.15) is 0 Å². The fourth-order valence-electron chi connectivity index (χ4n) is 1.50. The van der Waals surface area contributed by atoms with Crippen LogP contribution in [0.5, 0.6) is 0 Å². The molecule has 0 aliphatic heterocycles. The predicted octanol–water partition coefficient (Wildman–Crippen LogP) is 1.31. The second-order valence-corrected chi connectivity index (χ2v) is 5.46. The number of hydrogen-bond acceptors (Lipinski definition) is 4. The Morgan fingerprint density at radius 1 is 1.53 bits per heavy atom. The van der Waals surface area contributed by atoms with Crippen molar-refractivity contribution in [3.05, 3.63) is 35.6 Å². The molecule has 100 valence electrons. The number of anilines is 1. The minimum atomic E-state index is -1.29. The van der Waals surface area contributed by atoms with Gasteiger partial charge in [-0.05, 0) is 18.2 Å². The van der Waals surface area contributed by atoms with Crippen molar-refractivity contribution in [1.82, 2.24) is 14.8 Å². The van der Waals surface area contributed by atoms with Crippen molar-refractivity contribution in [3.63, 3.8) is 0 Å². The predicted molar refractivity (Wildman–Crippen MR) is 72.4 cm³/mol. The van der Waals surface area contributed by atoms with Crippen LogP contribution in [0, 0.1) is 0 Å². The molecule has 0 bridgehead atoms. The Kier molecular flexibility index (Phi) is 4.28. The number of carbonyl (C=O) groups excluding carboxylic acids is 1. The summed E-state index contributed by atoms with van der Waals surface area (Å²) in [5.74, 6) is -0.270. The van der Waals surface area contributed by atoms with Crippen molar-refractivity contribution < 1.29 is 9.00 Å². The van der Waals surface area contributed by atoms with E-state index in [1.165, 1.54) is 17.2 Å². The number of aromatic nitrogens is 3. The molecular formula is C11H11ClN4O2S. The summed E-state index contributed by atoms with van der Waals surface area (Å²) in [6.45, 7) is -0.00553. The number of halogens is 1. The highest BCUT2D eigenvalue weighted by molar-refractivity contribution is 7.84. The molecule has 1 atom stereocenters. The highest BCUT2D eigenvalue weighted by Gasteiger charge is 2.11. The zero-order valence-corrected chi connectivity index (χ0v) is 11.6. The number of carbonyl (C=O) groups is 1. The van der Waals surface area contributed by atoms with Crippen LogP contribution in [-0.2, 0) is 22.1 Å². The Morgan fingerprint density at radius 3 is 3.00 bits per heavy atom. The Morgan fingerprint density at radius 2 is 2.32 bits per heavy atom. The third kappa shape index (κ3) is 3.62. The maximum absolute atomic E-state index is 11.8. The summed E-state index contributed by atoms with van der Waals surface area (Å²) < 4.78 is 12.8. The van der Waals surface area contributed by atoms with Crippen molar-refractivity contribution in [1.29, 1.82) is 0 Å². The SMILES string of the molecule is CS(=O)c1nncn1CC(=O)Nc1cccc(Cl)c1. The minimum Gasteiger partial charge on any atom is -0.324 e. The van der Waals surface area contributed by atoms with Crippen molar-refractivity contribution in [3.8, 4) is 0 Å². The average molecular weight is 299 g/mol. The van der Waals surface area contributed by atoms with Crippen LogP contribution in [0.2, 0.25) is 5.02 Å². The molecule has 1 N–H and O–H groups in total. The zero-order chi connectivity index (χ0) is 13.8. The number of nitrogens with zero attached hydrogens (tertiary/aromatic N) is 3. The van der Waals surface area contributed by atoms with E-state index in [9.17, 15) is 9.00 Å². The van der Waals surface area contributed by atoms with Crippen molar-refractivity contribution in [2.24, 2.45) is 0 Å². The smallest absolute Gasteiger partial charge is 0.244 e. The summed E-state index contributed by atoms with van der Waals surface area (Å²) in [5.41, 5.74) is 0.602. The lowest BCUT2D eigenvalue weighted by Crippen LogP contribution is -2.19. The van der Waals surface area contributed by atoms with Gasteiger partial charge in [-0.15, -0.1) is 10.2 Å². The van der Waals surface area contributed by atoms with Crippen molar-refractivity contribution >= 4 is 34.0 Å². The van der Waals surface area contributed by atoms with E-state index in [1.807, 2.05) is 0 Å². The van der Waals surface area contributed by atoms with Gasteiger partial charge in [0.05, 0.1) is 10.8 Å². The summed E-state index contributed by atoms with van der Waals surface area (Å²) in [5, 5.41) is 10.8. The van der Waals surface area contributed by atoms with E-state index in [-0.39, 0.29) is 17.6 Å². The van der Waals surface area contributed by atoms with E-state index in [0.717, 1.165) is 0 Å². The van der Waals surface area contributed by atoms with Gasteiger partial charge in [-0.25, -0.2) is 0 Å². The van der Waals surface area contributed by atoms with Gasteiger partial charge in [-0.3, -0.25) is 13.6 Å². The molecule has 0 saturated carbocycles. The Bertz CT molecular complexity index is 629. The van der Waals surface area contributed by atoms with E-state index in [1.54, 1.807) is 24.3 Å². The molecule has 0 fully saturated rings. The number of rotatable bonds is 4. The maximum Gasteiger partial charge on any atom is 0.244 e. The first-order chi connectivity index (χ1) is 9.06. The van der Waals surface area contributed by atoms with Crippen molar-refractivity contribution in [2.75, 3.05) is 11.6 Å². The topological polar surface area (TPSA) is 76.9 Å². The fraction of sp³-hybridized carbons (Fsp3) is 0.182. The van der Waals surface area contributed by atoms with Crippen LogP contribution >= 0.6 is 11.6 Å². The van der Waals surface area contributed by atoms with Gasteiger partial charge in [0.2, 0.25) is 11.1 Å². The lowest BCUT2D eigenvalue weighted by molar-refractivity contribution is -0.116. The lowest BCUT2D eigenvalue weighted by atomic mass is 10.3. The largest absolute Gasteiger partial charge is 0.324 e. The molecule has 0 aliphatic rings. The maximum atomic E-state index is 11.8. The lowest BCUT2D eigenvalue weighted by Gasteiger charge is -2.07. The Labute approximate surface area is 117 Å². The van der Waals surface area contributed by atoms with Crippen LogP contribution in [-0.4, -0.2) is 31.1 Å². The summed E-state index contributed by atoms with van der Waals surface area (Å²) in [7, 11) is -1.29. The van der Waals surface area contributed by atoms with E-state index in [4.69, 9.17) is 11.6 Å². The molecule has 0 spiro atoms. The van der Waals surface area contributed by atoms with Gasteiger partial charge in [0.15, 0.2) is 0 Å². The number of amides is 1. The molecule has 6 nitrogen and oxygen atoms in total. The second-order valence-electron chi connectivity index (χ2n) is 3.75. The van der Waals surface area contributed by atoms with Gasteiger partial charge >= 0.3 is 0 Å². The standard InChI is InChI=1S/C11H11ClN4O2S/c1-19(18)11-15-13-7-16(11)6-10(17)14-9-4-2-3-8(12)5-9/h2-5,7H,6H2,1H3,(H,14,17). The summed E-state index contributed by atoms with van der Waals surface area (Å²) >= 11 is 5.82. The van der Waals surface area contributed by atoms with Crippen LogP contribution in [0.3, 0.4) is 0 Å². The molecule has 1 heterocycles. The van der Waals surface area contributed by atoms with Crippen molar-refractivity contribution in [2.45, 2.75) is 11.7 Å². The van der Waals surface area contributed by atoms with E-state index < -0.39 is 10.8 Å². The molecule has 1 unspecified atom stereocenters. The number of hydrogen-bond donors (Lipinski definition) is 1. The van der Waals surface area contributed by atoms with Crippen LogP contribution in [0.15, 0.2) is 35.7 Å². The molecule has 2 rings (SSSR count). The first-order valence-electron chi connectivity index (χ1n) is 5.33. The summed E-state index contributed by atoms with van der Waals surface area (Å²) in [4.78, 5) is 11.8.